The van der Waals surface area contributed by atoms with E-state index in [2.05, 4.69) is 33.8 Å². The van der Waals surface area contributed by atoms with Crippen LogP contribution in [-0.2, 0) is 6.66 Å². The van der Waals surface area contributed by atoms with Gasteiger partial charge < -0.3 is 0 Å². The lowest BCUT2D eigenvalue weighted by Crippen LogP contribution is -1.73. The van der Waals surface area contributed by atoms with Crippen molar-refractivity contribution in [3.63, 3.8) is 0 Å². The van der Waals surface area contributed by atoms with E-state index in [1.807, 2.05) is 0 Å². The molecule has 2 atom stereocenters. The van der Waals surface area contributed by atoms with Crippen molar-refractivity contribution in [1.82, 2.24) is 0 Å². The molecule has 7 heavy (non-hydrogen) atoms. The molecule has 0 saturated carbocycles. The van der Waals surface area contributed by atoms with Crippen molar-refractivity contribution in [2.75, 3.05) is 0 Å². The van der Waals surface area contributed by atoms with Gasteiger partial charge in [-0.15, -0.1) is 16.8 Å². The summed E-state index contributed by atoms with van der Waals surface area (Å²) >= 11 is 0. The fraction of sp³-hybridized carbons (Fsp3) is 0.200. The van der Waals surface area contributed by atoms with Gasteiger partial charge in [-0.2, -0.15) is 0 Å². The van der Waals surface area contributed by atoms with E-state index in [9.17, 15) is 0 Å². The van der Waals surface area contributed by atoms with E-state index in [1.165, 1.54) is 5.04 Å². The van der Waals surface area contributed by atoms with Crippen LogP contribution in [0.1, 0.15) is 0 Å². The smallest absolute Gasteiger partial charge is 0.0112 e. The first-order valence-electron chi connectivity index (χ1n) is 2.17. The summed E-state index contributed by atoms with van der Waals surface area (Å²) in [4.78, 5) is 0. The maximum Gasteiger partial charge on any atom is -0.0112 e. The van der Waals surface area contributed by atoms with E-state index in [4.69, 9.17) is 0 Å². The minimum Gasteiger partial charge on any atom is -0.121 e. The highest BCUT2D eigenvalue weighted by molar-refractivity contribution is 7.62. The molecule has 1 aromatic rings. The molecule has 0 amide bonds. The SMILES string of the molecule is Cp1cccc1P. The van der Waals surface area contributed by atoms with E-state index < -0.39 is 0 Å². The first-order valence-corrected chi connectivity index (χ1v) is 4.61. The highest BCUT2D eigenvalue weighted by atomic mass is 31.1. The second-order valence-electron chi connectivity index (χ2n) is 1.54. The van der Waals surface area contributed by atoms with Gasteiger partial charge in [0.1, 0.15) is 0 Å². The van der Waals surface area contributed by atoms with Crippen molar-refractivity contribution >= 4 is 21.8 Å². The van der Waals surface area contributed by atoms with Crippen molar-refractivity contribution in [2.24, 2.45) is 6.66 Å². The molecule has 0 N–H and O–H groups in total. The third kappa shape index (κ3) is 1.06. The van der Waals surface area contributed by atoms with Gasteiger partial charge in [-0.3, -0.25) is 0 Å². The summed E-state index contributed by atoms with van der Waals surface area (Å²) in [5.41, 5.74) is 0. The molecule has 0 aromatic carbocycles. The van der Waals surface area contributed by atoms with E-state index in [0.717, 1.165) is 0 Å². The van der Waals surface area contributed by atoms with Gasteiger partial charge in [-0.1, -0.05) is 12.1 Å². The van der Waals surface area contributed by atoms with Crippen LogP contribution in [0, 0.1) is 0 Å². The summed E-state index contributed by atoms with van der Waals surface area (Å²) in [5, 5.41) is 1.45. The molecule has 0 spiro atoms. The molecule has 0 radical (unpaired) electrons. The fourth-order valence-electron chi connectivity index (χ4n) is 0.474. The van der Waals surface area contributed by atoms with Crippen LogP contribution >= 0.6 is 16.8 Å². The van der Waals surface area contributed by atoms with Crippen LogP contribution < -0.4 is 5.04 Å². The monoisotopic (exact) mass is 130 g/mol. The molecule has 0 saturated heterocycles. The largest absolute Gasteiger partial charge is 0.121 e. The highest BCUT2D eigenvalue weighted by Crippen LogP contribution is 2.20. The molecule has 0 bridgehead atoms. The number of hydrogen-bond donors (Lipinski definition) is 0. The third-order valence-electron chi connectivity index (χ3n) is 0.984. The molecule has 1 rings (SSSR count). The molecule has 2 unspecified atom stereocenters. The van der Waals surface area contributed by atoms with Crippen molar-refractivity contribution < 1.29 is 0 Å². The molecule has 1 aromatic heterocycles. The van der Waals surface area contributed by atoms with Crippen LogP contribution in [0.15, 0.2) is 17.9 Å². The van der Waals surface area contributed by atoms with Gasteiger partial charge >= 0.3 is 0 Å². The molecule has 2 heteroatoms. The average molecular weight is 130 g/mol. The standard InChI is InChI=1S/C5H8P2/c1-7-4-2-3-5(7)6/h2-4H,6H2,1H3. The zero-order valence-electron chi connectivity index (χ0n) is 4.26. The summed E-state index contributed by atoms with van der Waals surface area (Å²) in [6, 6.07) is 4.27. The Morgan fingerprint density at radius 3 is 2.57 bits per heavy atom. The Morgan fingerprint density at radius 1 is 1.71 bits per heavy atom. The molecule has 0 fully saturated rings. The molecular formula is C5H8P2. The second kappa shape index (κ2) is 1.99. The summed E-state index contributed by atoms with van der Waals surface area (Å²) in [6.45, 7) is 2.25. The van der Waals surface area contributed by atoms with Gasteiger partial charge in [0.2, 0.25) is 0 Å². The van der Waals surface area contributed by atoms with Crippen molar-refractivity contribution in [3.05, 3.63) is 17.9 Å². The third-order valence-corrected chi connectivity index (χ3v) is 3.98. The quantitative estimate of drug-likeness (QED) is 0.469. The lowest BCUT2D eigenvalue weighted by molar-refractivity contribution is 2.06. The summed E-state index contributed by atoms with van der Waals surface area (Å²) in [5.74, 6) is 2.25. The van der Waals surface area contributed by atoms with Crippen LogP contribution in [0.4, 0.5) is 0 Å². The van der Waals surface area contributed by atoms with Crippen LogP contribution in [0.3, 0.4) is 0 Å². The van der Waals surface area contributed by atoms with Crippen LogP contribution in [-0.4, -0.2) is 0 Å². The highest BCUT2D eigenvalue weighted by Gasteiger charge is 1.84. The zero-order chi connectivity index (χ0) is 5.28. The normalized spacial score (nSPS) is 12.0. The Kier molecular flexibility index (Phi) is 1.52. The van der Waals surface area contributed by atoms with Gasteiger partial charge in [0.15, 0.2) is 0 Å². The molecule has 0 aliphatic rings. The molecular weight excluding hydrogens is 122 g/mol. The lowest BCUT2D eigenvalue weighted by atomic mass is 10.7. The maximum absolute atomic E-state index is 2.74. The maximum atomic E-state index is 2.74. The summed E-state index contributed by atoms with van der Waals surface area (Å²) in [7, 11) is 2.86. The van der Waals surface area contributed by atoms with E-state index in [1.54, 1.807) is 0 Å². The van der Waals surface area contributed by atoms with E-state index in [0.29, 0.717) is 0 Å². The number of hydrogen-bond acceptors (Lipinski definition) is 0. The Balaban J connectivity index is 3.12. The Morgan fingerprint density at radius 2 is 2.43 bits per heavy atom. The summed E-state index contributed by atoms with van der Waals surface area (Å²) < 4.78 is 0. The van der Waals surface area contributed by atoms with Gasteiger partial charge in [-0.25, -0.2) is 0 Å². The first-order chi connectivity index (χ1) is 3.30. The lowest BCUT2D eigenvalue weighted by Gasteiger charge is -1.82. The Labute approximate surface area is 47.2 Å². The predicted molar refractivity (Wildman–Crippen MR) is 39.5 cm³/mol. The van der Waals surface area contributed by atoms with Crippen LogP contribution in [0.5, 0.6) is 0 Å². The first kappa shape index (κ1) is 5.35. The molecule has 38 valence electrons. The van der Waals surface area contributed by atoms with Crippen LogP contribution in [0.25, 0.3) is 0 Å². The molecule has 0 aliphatic heterocycles. The van der Waals surface area contributed by atoms with Crippen LogP contribution in [0.2, 0.25) is 0 Å². The summed E-state index contributed by atoms with van der Waals surface area (Å²) in [6.07, 6.45) is 0. The minimum atomic E-state index is 0.117. The number of aryl methyl sites for hydroxylation is 1. The second-order valence-corrected chi connectivity index (χ2v) is 4.69. The Bertz CT molecular complexity index is 138. The van der Waals surface area contributed by atoms with Crippen molar-refractivity contribution in [3.8, 4) is 0 Å². The number of rotatable bonds is 0. The topological polar surface area (TPSA) is 0 Å². The molecule has 0 nitrogen and oxygen atoms in total. The predicted octanol–water partition coefficient (Wildman–Crippen LogP) is 1.71. The average Bonchev–Trinajstić information content (AvgIpc) is 1.91. The van der Waals surface area contributed by atoms with E-state index >= 15 is 0 Å². The van der Waals surface area contributed by atoms with Gasteiger partial charge in [0, 0.05) is 0 Å². The zero-order valence-corrected chi connectivity index (χ0v) is 6.31. The van der Waals surface area contributed by atoms with Crippen molar-refractivity contribution in [1.29, 1.82) is 0 Å². The van der Waals surface area contributed by atoms with Gasteiger partial charge in [0.25, 0.3) is 0 Å². The molecule has 1 heterocycles. The minimum absolute atomic E-state index is 0.117. The van der Waals surface area contributed by atoms with Gasteiger partial charge in [-0.05, 0) is 17.5 Å². The Hall–Kier alpha value is 0.210. The van der Waals surface area contributed by atoms with Gasteiger partial charge in [0.05, 0.1) is 0 Å². The fourth-order valence-corrected chi connectivity index (χ4v) is 1.68. The van der Waals surface area contributed by atoms with E-state index in [-0.39, 0.29) is 7.53 Å². The van der Waals surface area contributed by atoms with Crippen molar-refractivity contribution in [2.45, 2.75) is 0 Å². The molecule has 0 aliphatic carbocycles.